The quantitative estimate of drug-likeness (QED) is 0.544. The van der Waals surface area contributed by atoms with E-state index in [-0.39, 0.29) is 17.9 Å². The number of nitrogens with zero attached hydrogens (tertiary/aromatic N) is 1. The van der Waals surface area contributed by atoms with Crippen LogP contribution in [0.25, 0.3) is 0 Å². The molecule has 2 aromatic rings. The Kier molecular flexibility index (Phi) is 9.73. The van der Waals surface area contributed by atoms with Gasteiger partial charge in [0.2, 0.25) is 11.8 Å². The number of thioether (sulfide) groups is 1. The normalized spacial score (nSPS) is 12.8. The predicted octanol–water partition coefficient (Wildman–Crippen LogP) is 5.21. The summed E-state index contributed by atoms with van der Waals surface area (Å²) >= 11 is 7.67. The van der Waals surface area contributed by atoms with Crippen molar-refractivity contribution < 1.29 is 9.59 Å². The molecule has 0 radical (unpaired) electrons. The van der Waals surface area contributed by atoms with Crippen LogP contribution in [0.15, 0.2) is 48.5 Å². The van der Waals surface area contributed by atoms with Gasteiger partial charge in [-0.25, -0.2) is 0 Å². The average Bonchev–Trinajstić information content (AvgIpc) is 2.72. The number of carbonyl (C=O) groups is 2. The van der Waals surface area contributed by atoms with E-state index in [4.69, 9.17) is 11.6 Å². The molecular weight excluding hydrogens is 416 g/mol. The highest BCUT2D eigenvalue weighted by atomic mass is 35.5. The Morgan fingerprint density at radius 2 is 1.80 bits per heavy atom. The number of halogens is 1. The number of carbonyl (C=O) groups excluding carboxylic acids is 2. The molecule has 162 valence electrons. The molecule has 2 aromatic carbocycles. The minimum absolute atomic E-state index is 0.0566. The van der Waals surface area contributed by atoms with E-state index in [9.17, 15) is 9.59 Å². The van der Waals surface area contributed by atoms with Crippen molar-refractivity contribution in [3.8, 4) is 0 Å². The van der Waals surface area contributed by atoms with Crippen molar-refractivity contribution in [2.45, 2.75) is 58.5 Å². The second-order valence-corrected chi connectivity index (χ2v) is 9.05. The molecule has 0 heterocycles. The Hall–Kier alpha value is -1.98. The first-order valence-electron chi connectivity index (χ1n) is 10.3. The second kappa shape index (κ2) is 12.0. The summed E-state index contributed by atoms with van der Waals surface area (Å²) in [5, 5.41) is 3.60. The number of benzene rings is 2. The SMILES string of the molecule is CC[C@H](C)NC(=O)[C@H](C)N(Cc1cccc(Cl)c1)C(=O)CSCc1ccc(C)cc1. The number of hydrogen-bond acceptors (Lipinski definition) is 3. The highest BCUT2D eigenvalue weighted by molar-refractivity contribution is 7.99. The lowest BCUT2D eigenvalue weighted by Crippen LogP contribution is -2.50. The van der Waals surface area contributed by atoms with Crippen molar-refractivity contribution in [1.29, 1.82) is 0 Å². The van der Waals surface area contributed by atoms with Gasteiger partial charge < -0.3 is 10.2 Å². The van der Waals surface area contributed by atoms with E-state index in [0.29, 0.717) is 17.3 Å². The average molecular weight is 447 g/mol. The molecule has 0 spiro atoms. The largest absolute Gasteiger partial charge is 0.352 e. The minimum Gasteiger partial charge on any atom is -0.352 e. The van der Waals surface area contributed by atoms with Gasteiger partial charge in [-0.1, -0.05) is 60.5 Å². The second-order valence-electron chi connectivity index (χ2n) is 7.62. The summed E-state index contributed by atoms with van der Waals surface area (Å²) in [5.74, 6) is 0.877. The predicted molar refractivity (Wildman–Crippen MR) is 127 cm³/mol. The first-order valence-corrected chi connectivity index (χ1v) is 11.8. The van der Waals surface area contributed by atoms with Gasteiger partial charge in [-0.2, -0.15) is 0 Å². The van der Waals surface area contributed by atoms with Crippen LogP contribution in [0.1, 0.15) is 43.9 Å². The van der Waals surface area contributed by atoms with E-state index < -0.39 is 6.04 Å². The lowest BCUT2D eigenvalue weighted by atomic mass is 10.1. The molecule has 4 nitrogen and oxygen atoms in total. The summed E-state index contributed by atoms with van der Waals surface area (Å²) in [6.07, 6.45) is 0.840. The summed E-state index contributed by atoms with van der Waals surface area (Å²) in [6, 6.07) is 15.2. The van der Waals surface area contributed by atoms with Gasteiger partial charge in [0.05, 0.1) is 5.75 Å². The molecule has 1 N–H and O–H groups in total. The van der Waals surface area contributed by atoms with Crippen molar-refractivity contribution in [2.24, 2.45) is 0 Å². The number of nitrogens with one attached hydrogen (secondary N) is 1. The van der Waals surface area contributed by atoms with Crippen molar-refractivity contribution in [1.82, 2.24) is 10.2 Å². The summed E-state index contributed by atoms with van der Waals surface area (Å²) in [5.41, 5.74) is 3.30. The van der Waals surface area contributed by atoms with Crippen LogP contribution in [0, 0.1) is 6.92 Å². The fourth-order valence-electron chi connectivity index (χ4n) is 2.90. The molecule has 0 bridgehead atoms. The van der Waals surface area contributed by atoms with E-state index in [0.717, 1.165) is 17.7 Å². The molecule has 0 aliphatic heterocycles. The van der Waals surface area contributed by atoms with Crippen LogP contribution in [-0.4, -0.2) is 34.6 Å². The minimum atomic E-state index is -0.564. The molecule has 6 heteroatoms. The molecular formula is C24H31ClN2O2S. The van der Waals surface area contributed by atoms with Gasteiger partial charge in [-0.15, -0.1) is 11.8 Å². The van der Waals surface area contributed by atoms with E-state index in [2.05, 4.69) is 36.5 Å². The van der Waals surface area contributed by atoms with Gasteiger partial charge in [0.1, 0.15) is 6.04 Å². The smallest absolute Gasteiger partial charge is 0.242 e. The maximum Gasteiger partial charge on any atom is 0.242 e. The third kappa shape index (κ3) is 7.69. The lowest BCUT2D eigenvalue weighted by Gasteiger charge is -2.29. The fraction of sp³-hybridized carbons (Fsp3) is 0.417. The van der Waals surface area contributed by atoms with Gasteiger partial charge in [0.15, 0.2) is 0 Å². The Bertz CT molecular complexity index is 841. The van der Waals surface area contributed by atoms with Gasteiger partial charge in [-0.3, -0.25) is 9.59 Å². The number of rotatable bonds is 10. The standard InChI is InChI=1S/C24H31ClN2O2S/c1-5-18(3)26-24(29)19(4)27(14-21-7-6-8-22(25)13-21)23(28)16-30-15-20-11-9-17(2)10-12-20/h6-13,18-19H,5,14-16H2,1-4H3,(H,26,29)/t18-,19-/m0/s1. The van der Waals surface area contributed by atoms with Gasteiger partial charge in [0, 0.05) is 23.4 Å². The zero-order valence-electron chi connectivity index (χ0n) is 18.2. The number of hydrogen-bond donors (Lipinski definition) is 1. The van der Waals surface area contributed by atoms with Crippen molar-refractivity contribution in [3.05, 3.63) is 70.2 Å². The van der Waals surface area contributed by atoms with Crippen LogP contribution in [0.3, 0.4) is 0 Å². The molecule has 2 amide bonds. The van der Waals surface area contributed by atoms with Crippen LogP contribution in [-0.2, 0) is 21.9 Å². The van der Waals surface area contributed by atoms with E-state index in [1.807, 2.05) is 32.0 Å². The van der Waals surface area contributed by atoms with E-state index >= 15 is 0 Å². The summed E-state index contributed by atoms with van der Waals surface area (Å²) in [7, 11) is 0. The molecule has 0 aliphatic carbocycles. The molecule has 0 saturated carbocycles. The topological polar surface area (TPSA) is 49.4 Å². The Morgan fingerprint density at radius 3 is 2.43 bits per heavy atom. The van der Waals surface area contributed by atoms with E-state index in [1.54, 1.807) is 29.7 Å². The third-order valence-electron chi connectivity index (χ3n) is 5.03. The summed E-state index contributed by atoms with van der Waals surface area (Å²) in [6.45, 7) is 8.17. The monoisotopic (exact) mass is 446 g/mol. The Balaban J connectivity index is 2.07. The Morgan fingerprint density at radius 1 is 1.10 bits per heavy atom. The van der Waals surface area contributed by atoms with Crippen molar-refractivity contribution in [2.75, 3.05) is 5.75 Å². The molecule has 0 aromatic heterocycles. The molecule has 30 heavy (non-hydrogen) atoms. The molecule has 2 atom stereocenters. The molecule has 0 saturated heterocycles. The summed E-state index contributed by atoms with van der Waals surface area (Å²) in [4.78, 5) is 27.4. The van der Waals surface area contributed by atoms with Crippen LogP contribution < -0.4 is 5.32 Å². The van der Waals surface area contributed by atoms with Gasteiger partial charge in [0.25, 0.3) is 0 Å². The zero-order valence-corrected chi connectivity index (χ0v) is 19.7. The highest BCUT2D eigenvalue weighted by Crippen LogP contribution is 2.18. The number of amides is 2. The Labute approximate surface area is 189 Å². The van der Waals surface area contributed by atoms with Crippen LogP contribution in [0.4, 0.5) is 0 Å². The molecule has 0 unspecified atom stereocenters. The number of aryl methyl sites for hydroxylation is 1. The van der Waals surface area contributed by atoms with Crippen molar-refractivity contribution >= 4 is 35.2 Å². The third-order valence-corrected chi connectivity index (χ3v) is 6.25. The molecule has 2 rings (SSSR count). The highest BCUT2D eigenvalue weighted by Gasteiger charge is 2.26. The van der Waals surface area contributed by atoms with E-state index in [1.165, 1.54) is 11.1 Å². The van der Waals surface area contributed by atoms with Crippen LogP contribution >= 0.6 is 23.4 Å². The lowest BCUT2D eigenvalue weighted by molar-refractivity contribution is -0.138. The maximum atomic E-state index is 13.1. The van der Waals surface area contributed by atoms with Gasteiger partial charge in [-0.05, 0) is 50.5 Å². The molecule has 0 aliphatic rings. The van der Waals surface area contributed by atoms with Gasteiger partial charge >= 0.3 is 0 Å². The van der Waals surface area contributed by atoms with Crippen LogP contribution in [0.2, 0.25) is 5.02 Å². The van der Waals surface area contributed by atoms with Crippen molar-refractivity contribution in [3.63, 3.8) is 0 Å². The summed E-state index contributed by atoms with van der Waals surface area (Å²) < 4.78 is 0. The zero-order chi connectivity index (χ0) is 22.1. The molecule has 0 fully saturated rings. The first-order chi connectivity index (χ1) is 14.3. The maximum absolute atomic E-state index is 13.1. The van der Waals surface area contributed by atoms with Crippen LogP contribution in [0.5, 0.6) is 0 Å². The first kappa shape index (κ1) is 24.3. The fourth-order valence-corrected chi connectivity index (χ4v) is 3.99.